The van der Waals surface area contributed by atoms with Crippen molar-refractivity contribution < 1.29 is 48.6 Å². The van der Waals surface area contributed by atoms with E-state index in [0.29, 0.717) is 29.5 Å². The topological polar surface area (TPSA) is 332 Å². The molecule has 0 spiro atoms. The quantitative estimate of drug-likeness (QED) is 0.0553. The molecule has 0 bridgehead atoms. The maximum absolute atomic E-state index is 15.3. The zero-order valence-electron chi connectivity index (χ0n) is 45.6. The van der Waals surface area contributed by atoms with Gasteiger partial charge in [0.2, 0.25) is 47.3 Å². The predicted octanol–water partition coefficient (Wildman–Crippen LogP) is 1.28. The maximum atomic E-state index is 15.3. The first kappa shape index (κ1) is 61.1. The van der Waals surface area contributed by atoms with Crippen LogP contribution in [0.2, 0.25) is 0 Å². The number of H-pyrrole nitrogens is 1. The molecule has 80 heavy (non-hydrogen) atoms. The van der Waals surface area contributed by atoms with Gasteiger partial charge in [-0.2, -0.15) is 0 Å². The molecule has 0 saturated carbocycles. The summed E-state index contributed by atoms with van der Waals surface area (Å²) in [5.74, 6) is -6.39. The zero-order valence-corrected chi connectivity index (χ0v) is 45.6. The number of nitrogens with two attached hydrogens (primary N) is 2. The Morgan fingerprint density at radius 3 is 1.90 bits per heavy atom. The molecule has 1 aromatic heterocycles. The molecular formula is C59H77N11O10. The third-order valence-corrected chi connectivity index (χ3v) is 14.1. The summed E-state index contributed by atoms with van der Waals surface area (Å²) < 4.78 is 0. The van der Waals surface area contributed by atoms with Gasteiger partial charge in [-0.3, -0.25) is 38.4 Å². The number of aliphatic hydroxyl groups is 1. The molecular weight excluding hydrogens is 1020 g/mol. The van der Waals surface area contributed by atoms with Gasteiger partial charge in [-0.05, 0) is 91.9 Å². The van der Waals surface area contributed by atoms with Crippen molar-refractivity contribution in [1.82, 2.24) is 47.1 Å². The number of unbranched alkanes of at least 4 members (excludes halogenated alkanes) is 1. The number of amides is 8. The minimum Gasteiger partial charge on any atom is -0.508 e. The lowest BCUT2D eigenvalue weighted by atomic mass is 9.97. The lowest BCUT2D eigenvalue weighted by molar-refractivity contribution is -0.145. The number of fused-ring (bicyclic) bond motifs is 1. The Kier molecular flexibility index (Phi) is 23.1. The van der Waals surface area contributed by atoms with Crippen molar-refractivity contribution in [1.29, 1.82) is 0 Å². The summed E-state index contributed by atoms with van der Waals surface area (Å²) in [5, 5.41) is 41.6. The molecule has 2 heterocycles. The van der Waals surface area contributed by atoms with E-state index in [1.54, 1.807) is 62.5 Å². The number of carbonyl (C=O) groups excluding carboxylic acids is 8. The number of phenols is 1. The van der Waals surface area contributed by atoms with Gasteiger partial charge in [0, 0.05) is 62.4 Å². The summed E-state index contributed by atoms with van der Waals surface area (Å²) in [5.41, 5.74) is 15.0. The van der Waals surface area contributed by atoms with Crippen LogP contribution in [-0.2, 0) is 64.0 Å². The number of phenolic OH excluding ortho intramolecular Hbond substituents is 1. The molecule has 14 N–H and O–H groups in total. The average molecular weight is 1100 g/mol. The number of rotatable bonds is 18. The summed E-state index contributed by atoms with van der Waals surface area (Å²) in [6, 6.07) is 22.5. The molecule has 6 rings (SSSR count). The third-order valence-electron chi connectivity index (χ3n) is 14.1. The van der Waals surface area contributed by atoms with Crippen LogP contribution in [0.3, 0.4) is 0 Å². The molecule has 8 atom stereocenters. The lowest BCUT2D eigenvalue weighted by Crippen LogP contribution is -2.62. The van der Waals surface area contributed by atoms with E-state index < -0.39 is 102 Å². The largest absolute Gasteiger partial charge is 0.508 e. The number of hydrogen-bond donors (Lipinski definition) is 12. The second-order valence-electron chi connectivity index (χ2n) is 20.6. The summed E-state index contributed by atoms with van der Waals surface area (Å²) >= 11 is 0. The molecule has 0 radical (unpaired) electrons. The van der Waals surface area contributed by atoms with Crippen LogP contribution in [0.25, 0.3) is 10.9 Å². The van der Waals surface area contributed by atoms with Crippen molar-refractivity contribution in [3.8, 4) is 5.75 Å². The van der Waals surface area contributed by atoms with Crippen molar-refractivity contribution >= 4 is 58.2 Å². The molecule has 1 fully saturated rings. The van der Waals surface area contributed by atoms with Gasteiger partial charge < -0.3 is 68.8 Å². The van der Waals surface area contributed by atoms with Crippen LogP contribution in [0, 0.1) is 5.92 Å². The van der Waals surface area contributed by atoms with Crippen LogP contribution in [0.4, 0.5) is 0 Å². The number of aliphatic hydroxyl groups excluding tert-OH is 1. The monoisotopic (exact) mass is 1100 g/mol. The van der Waals surface area contributed by atoms with Crippen LogP contribution in [-0.4, -0.2) is 142 Å². The van der Waals surface area contributed by atoms with E-state index in [0.717, 1.165) is 16.5 Å². The zero-order chi connectivity index (χ0) is 57.7. The van der Waals surface area contributed by atoms with Crippen LogP contribution in [0.5, 0.6) is 5.75 Å². The van der Waals surface area contributed by atoms with Crippen LogP contribution in [0.15, 0.2) is 115 Å². The van der Waals surface area contributed by atoms with Gasteiger partial charge in [0.25, 0.3) is 0 Å². The Bertz CT molecular complexity index is 2870. The highest BCUT2D eigenvalue weighted by molar-refractivity contribution is 5.98. The van der Waals surface area contributed by atoms with Crippen LogP contribution in [0.1, 0.15) is 75.1 Å². The van der Waals surface area contributed by atoms with Crippen molar-refractivity contribution in [3.05, 3.63) is 138 Å². The number of carbonyl (C=O) groups is 8. The molecule has 21 heteroatoms. The molecule has 0 aliphatic carbocycles. The molecule has 5 aromatic rings. The Morgan fingerprint density at radius 1 is 0.688 bits per heavy atom. The Hall–Kier alpha value is -8.14. The summed E-state index contributed by atoms with van der Waals surface area (Å²) in [4.78, 5) is 120. The average Bonchev–Trinajstić information content (AvgIpc) is 3.86. The minimum absolute atomic E-state index is 0.00937. The van der Waals surface area contributed by atoms with Crippen LogP contribution < -0.4 is 48.7 Å². The minimum atomic E-state index is -1.53. The Balaban J connectivity index is 1.43. The highest BCUT2D eigenvalue weighted by Gasteiger charge is 2.39. The van der Waals surface area contributed by atoms with E-state index in [-0.39, 0.29) is 76.9 Å². The smallest absolute Gasteiger partial charge is 0.246 e. The third kappa shape index (κ3) is 17.9. The molecule has 1 aliphatic rings. The standard InChI is InChI=1S/C59H77N11O10/c1-36(2)51-59(80)70(49(33-39-17-8-5-9-18-39)58(79)69-52(37(3)71)53(61)74)30-14-22-50(73)63-29-28-62-46(31-38-15-6-4-7-16-38)55(76)66-47(32-40-23-25-42(72)26-24-40)56(77)67-48(34-41-35-64-44-20-11-10-19-43(41)44)57(78)65-45(54(75)68-51)21-12-13-27-60/h4-11,15-20,23-26,35-37,45-49,51-52,62,64,71-72H,12-14,21-22,27-34,60H2,1-3H3,(H2,61,74)(H,63,73)(H,65,78)(H,66,76)(H,67,77)(H,68,75)(H,69,79)/t37-,45+,46+,47+,48+,49+,51+,52+/m1/s1. The second kappa shape index (κ2) is 30.3. The number of nitrogens with one attached hydrogen (secondary N) is 8. The van der Waals surface area contributed by atoms with E-state index in [2.05, 4.69) is 42.2 Å². The van der Waals surface area contributed by atoms with Gasteiger partial charge in [0.1, 0.15) is 42.0 Å². The van der Waals surface area contributed by atoms with Crippen molar-refractivity contribution in [3.63, 3.8) is 0 Å². The van der Waals surface area contributed by atoms with Gasteiger partial charge in [-0.15, -0.1) is 0 Å². The molecule has 21 nitrogen and oxygen atoms in total. The number of aromatic hydroxyl groups is 1. The molecule has 8 amide bonds. The fourth-order valence-corrected chi connectivity index (χ4v) is 9.67. The first-order chi connectivity index (χ1) is 38.4. The van der Waals surface area contributed by atoms with Gasteiger partial charge in [0.05, 0.1) is 12.1 Å². The Labute approximate surface area is 466 Å². The number of para-hydroxylation sites is 1. The highest BCUT2D eigenvalue weighted by atomic mass is 16.3. The van der Waals surface area contributed by atoms with Gasteiger partial charge in [-0.1, -0.05) is 105 Å². The molecule has 0 unspecified atom stereocenters. The summed E-state index contributed by atoms with van der Waals surface area (Å²) in [7, 11) is 0. The molecule has 1 saturated heterocycles. The molecule has 1 aliphatic heterocycles. The molecule has 428 valence electrons. The van der Waals surface area contributed by atoms with E-state index >= 15 is 9.59 Å². The van der Waals surface area contributed by atoms with Gasteiger partial charge in [-0.25, -0.2) is 0 Å². The van der Waals surface area contributed by atoms with E-state index in [1.165, 1.54) is 24.0 Å². The SMILES string of the molecule is CC(C)[C@@H]1NC(=O)[C@H](CCCCN)NC(=O)[C@H](Cc2c[nH]c3ccccc23)NC(=O)[C@H](Cc2ccc(O)cc2)NC(=O)[C@H](Cc2ccccc2)NCCNC(=O)CCCN([C@@H](Cc2ccccc2)C(=O)N[C@H](C(N)=O)[C@@H](C)O)C1=O. The molecule has 4 aromatic carbocycles. The first-order valence-electron chi connectivity index (χ1n) is 27.3. The van der Waals surface area contributed by atoms with Crippen molar-refractivity contribution in [2.75, 3.05) is 26.2 Å². The normalized spacial score (nSPS) is 20.8. The second-order valence-corrected chi connectivity index (χ2v) is 20.6. The fraction of sp³-hybridized carbons (Fsp3) is 0.424. The van der Waals surface area contributed by atoms with E-state index in [9.17, 15) is 39.0 Å². The predicted molar refractivity (Wildman–Crippen MR) is 302 cm³/mol. The van der Waals surface area contributed by atoms with Gasteiger partial charge in [0.15, 0.2) is 0 Å². The number of primary amides is 1. The van der Waals surface area contributed by atoms with Crippen LogP contribution >= 0.6 is 0 Å². The number of nitrogens with zero attached hydrogens (tertiary/aromatic N) is 1. The number of aromatic nitrogens is 1. The Morgan fingerprint density at radius 2 is 1.26 bits per heavy atom. The van der Waals surface area contributed by atoms with E-state index in [4.69, 9.17) is 11.5 Å². The number of benzene rings is 4. The summed E-state index contributed by atoms with van der Waals surface area (Å²) in [6.07, 6.45) is 1.08. The lowest BCUT2D eigenvalue weighted by Gasteiger charge is -2.36. The maximum Gasteiger partial charge on any atom is 0.246 e. The fourth-order valence-electron chi connectivity index (χ4n) is 9.67. The van der Waals surface area contributed by atoms with E-state index in [1.807, 2.05) is 54.6 Å². The number of aromatic amines is 1. The van der Waals surface area contributed by atoms with Gasteiger partial charge >= 0.3 is 0 Å². The number of hydrogen-bond acceptors (Lipinski definition) is 12. The first-order valence-corrected chi connectivity index (χ1v) is 27.3. The summed E-state index contributed by atoms with van der Waals surface area (Å²) in [6.45, 7) is 4.92. The van der Waals surface area contributed by atoms with Crippen molar-refractivity contribution in [2.24, 2.45) is 17.4 Å². The van der Waals surface area contributed by atoms with Crippen molar-refractivity contribution in [2.45, 2.75) is 127 Å². The highest BCUT2D eigenvalue weighted by Crippen LogP contribution is 2.22.